The molecule has 0 bridgehead atoms. The number of halogens is 4. The van der Waals surface area contributed by atoms with Crippen LogP contribution in [0.15, 0.2) is 15.9 Å². The highest BCUT2D eigenvalue weighted by Crippen LogP contribution is 2.31. The van der Waals surface area contributed by atoms with Gasteiger partial charge in [0.2, 0.25) is 0 Å². The van der Waals surface area contributed by atoms with E-state index < -0.39 is 12.6 Å². The van der Waals surface area contributed by atoms with E-state index in [-0.39, 0.29) is 25.2 Å². The van der Waals surface area contributed by atoms with Crippen LogP contribution in [0.2, 0.25) is 0 Å². The molecule has 18 heavy (non-hydrogen) atoms. The van der Waals surface area contributed by atoms with Crippen LogP contribution in [0.25, 0.3) is 0 Å². The summed E-state index contributed by atoms with van der Waals surface area (Å²) >= 11 is 4.81. The first-order chi connectivity index (χ1) is 8.29. The summed E-state index contributed by atoms with van der Waals surface area (Å²) in [6.45, 7) is 1.84. The zero-order chi connectivity index (χ0) is 13.8. The van der Waals surface area contributed by atoms with E-state index in [0.29, 0.717) is 0 Å². The molecule has 2 nitrogen and oxygen atoms in total. The number of hydrogen-bond donors (Lipinski definition) is 1. The van der Waals surface area contributed by atoms with Crippen LogP contribution in [-0.2, 0) is 4.74 Å². The Balaban J connectivity index is 2.45. The minimum atomic E-state index is -4.13. The van der Waals surface area contributed by atoms with Crippen molar-refractivity contribution in [3.8, 4) is 0 Å². The number of thiophene rings is 1. The maximum absolute atomic E-state index is 12.0. The zero-order valence-electron chi connectivity index (χ0n) is 9.84. The first kappa shape index (κ1) is 15.9. The standard InChI is InChI=1S/C11H15BrF3NOS/c1-7(16)10(8-3-4-9(12)18-8)17-6-2-5-11(13,14)15/h3-4,7,10H,2,5-6,16H2,1H3. The molecule has 1 heterocycles. The average Bonchev–Trinajstić information content (AvgIpc) is 2.62. The van der Waals surface area contributed by atoms with E-state index in [4.69, 9.17) is 10.5 Å². The quantitative estimate of drug-likeness (QED) is 0.782. The predicted molar refractivity (Wildman–Crippen MR) is 69.7 cm³/mol. The summed E-state index contributed by atoms with van der Waals surface area (Å²) in [7, 11) is 0. The molecule has 7 heteroatoms. The van der Waals surface area contributed by atoms with E-state index in [2.05, 4.69) is 15.9 Å². The van der Waals surface area contributed by atoms with Crippen molar-refractivity contribution >= 4 is 27.3 Å². The van der Waals surface area contributed by atoms with Gasteiger partial charge in [0.1, 0.15) is 6.10 Å². The predicted octanol–water partition coefficient (Wildman–Crippen LogP) is 4.26. The summed E-state index contributed by atoms with van der Waals surface area (Å²) in [4.78, 5) is 0.920. The van der Waals surface area contributed by atoms with Crippen molar-refractivity contribution < 1.29 is 17.9 Å². The Morgan fingerprint density at radius 2 is 2.11 bits per heavy atom. The highest BCUT2D eigenvalue weighted by Gasteiger charge is 2.26. The van der Waals surface area contributed by atoms with Crippen molar-refractivity contribution in [2.45, 2.75) is 38.1 Å². The van der Waals surface area contributed by atoms with Gasteiger partial charge in [0.25, 0.3) is 0 Å². The van der Waals surface area contributed by atoms with Crippen molar-refractivity contribution in [2.75, 3.05) is 6.61 Å². The normalized spacial score (nSPS) is 15.7. The molecule has 0 aromatic carbocycles. The fourth-order valence-electron chi connectivity index (χ4n) is 1.46. The van der Waals surface area contributed by atoms with Crippen LogP contribution in [0.1, 0.15) is 30.7 Å². The smallest absolute Gasteiger partial charge is 0.371 e. The van der Waals surface area contributed by atoms with E-state index in [1.165, 1.54) is 11.3 Å². The van der Waals surface area contributed by atoms with Gasteiger partial charge in [-0.05, 0) is 41.4 Å². The Morgan fingerprint density at radius 3 is 2.56 bits per heavy atom. The summed E-state index contributed by atoms with van der Waals surface area (Å²) in [5.74, 6) is 0. The van der Waals surface area contributed by atoms with Gasteiger partial charge < -0.3 is 10.5 Å². The summed E-state index contributed by atoms with van der Waals surface area (Å²) in [6, 6.07) is 3.47. The lowest BCUT2D eigenvalue weighted by atomic mass is 10.1. The maximum Gasteiger partial charge on any atom is 0.389 e. The van der Waals surface area contributed by atoms with Crippen molar-refractivity contribution in [1.82, 2.24) is 0 Å². The number of rotatable bonds is 6. The highest BCUT2D eigenvalue weighted by atomic mass is 79.9. The molecule has 0 radical (unpaired) electrons. The molecule has 0 saturated heterocycles. The lowest BCUT2D eigenvalue weighted by Gasteiger charge is -2.20. The molecule has 0 amide bonds. The van der Waals surface area contributed by atoms with E-state index >= 15 is 0 Å². The van der Waals surface area contributed by atoms with Gasteiger partial charge in [-0.1, -0.05) is 0 Å². The summed E-state index contributed by atoms with van der Waals surface area (Å²) in [6.07, 6.45) is -5.35. The van der Waals surface area contributed by atoms with Crippen LogP contribution >= 0.6 is 27.3 Å². The van der Waals surface area contributed by atoms with Crippen molar-refractivity contribution in [3.63, 3.8) is 0 Å². The summed E-state index contributed by atoms with van der Waals surface area (Å²) < 4.78 is 42.4. The molecule has 1 aromatic heterocycles. The van der Waals surface area contributed by atoms with Crippen molar-refractivity contribution in [3.05, 3.63) is 20.8 Å². The van der Waals surface area contributed by atoms with E-state index in [9.17, 15) is 13.2 Å². The number of alkyl halides is 3. The minimum Gasteiger partial charge on any atom is -0.371 e. The van der Waals surface area contributed by atoms with Crippen LogP contribution in [0.3, 0.4) is 0 Å². The monoisotopic (exact) mass is 345 g/mol. The SMILES string of the molecule is CC(N)C(OCCCC(F)(F)F)c1ccc(Br)s1. The second kappa shape index (κ2) is 6.88. The molecule has 0 spiro atoms. The van der Waals surface area contributed by atoms with Gasteiger partial charge in [-0.15, -0.1) is 11.3 Å². The Kier molecular flexibility index (Phi) is 6.10. The largest absolute Gasteiger partial charge is 0.389 e. The molecule has 104 valence electrons. The molecular formula is C11H15BrF3NOS. The van der Waals surface area contributed by atoms with Gasteiger partial charge in [0.05, 0.1) is 3.79 Å². The number of nitrogens with two attached hydrogens (primary N) is 1. The zero-order valence-corrected chi connectivity index (χ0v) is 12.2. The van der Waals surface area contributed by atoms with Gasteiger partial charge in [0.15, 0.2) is 0 Å². The number of hydrogen-bond acceptors (Lipinski definition) is 3. The molecule has 2 unspecified atom stereocenters. The Bertz CT molecular complexity index is 367. The molecular weight excluding hydrogens is 331 g/mol. The first-order valence-corrected chi connectivity index (χ1v) is 7.09. The van der Waals surface area contributed by atoms with Crippen molar-refractivity contribution in [1.29, 1.82) is 0 Å². The molecule has 2 atom stereocenters. The van der Waals surface area contributed by atoms with Gasteiger partial charge in [-0.3, -0.25) is 0 Å². The number of ether oxygens (including phenoxy) is 1. The fraction of sp³-hybridized carbons (Fsp3) is 0.636. The lowest BCUT2D eigenvalue weighted by molar-refractivity contribution is -0.139. The van der Waals surface area contributed by atoms with Crippen molar-refractivity contribution in [2.24, 2.45) is 5.73 Å². The van der Waals surface area contributed by atoms with Gasteiger partial charge in [-0.2, -0.15) is 13.2 Å². The minimum absolute atomic E-state index is 0.0424. The third kappa shape index (κ3) is 5.69. The fourth-order valence-corrected chi connectivity index (χ4v) is 3.05. The van der Waals surface area contributed by atoms with E-state index in [1.54, 1.807) is 6.92 Å². The maximum atomic E-state index is 12.0. The molecule has 0 saturated carbocycles. The Hall–Kier alpha value is -0.110. The second-order valence-corrected chi connectivity index (χ2v) is 6.51. The molecule has 1 rings (SSSR count). The summed E-state index contributed by atoms with van der Waals surface area (Å²) in [5, 5.41) is 0. The lowest BCUT2D eigenvalue weighted by Crippen LogP contribution is -2.26. The van der Waals surface area contributed by atoms with Gasteiger partial charge >= 0.3 is 6.18 Å². The molecule has 0 aliphatic rings. The highest BCUT2D eigenvalue weighted by molar-refractivity contribution is 9.11. The average molecular weight is 346 g/mol. The van der Waals surface area contributed by atoms with Gasteiger partial charge in [0, 0.05) is 23.9 Å². The van der Waals surface area contributed by atoms with E-state index in [1.807, 2.05) is 12.1 Å². The first-order valence-electron chi connectivity index (χ1n) is 5.49. The second-order valence-electron chi connectivity index (χ2n) is 4.01. The molecule has 0 fully saturated rings. The molecule has 0 aliphatic carbocycles. The van der Waals surface area contributed by atoms with Crippen LogP contribution in [0, 0.1) is 0 Å². The van der Waals surface area contributed by atoms with Gasteiger partial charge in [-0.25, -0.2) is 0 Å². The molecule has 0 aliphatic heterocycles. The molecule has 1 aromatic rings. The van der Waals surface area contributed by atoms with Crippen LogP contribution < -0.4 is 5.73 Å². The summed E-state index contributed by atoms with van der Waals surface area (Å²) in [5.41, 5.74) is 5.79. The van der Waals surface area contributed by atoms with Crippen LogP contribution in [0.5, 0.6) is 0 Å². The van der Waals surface area contributed by atoms with Crippen LogP contribution in [-0.4, -0.2) is 18.8 Å². The topological polar surface area (TPSA) is 35.2 Å². The van der Waals surface area contributed by atoms with E-state index in [0.717, 1.165) is 8.66 Å². The molecule has 2 N–H and O–H groups in total. The Morgan fingerprint density at radius 1 is 1.44 bits per heavy atom. The third-order valence-corrected chi connectivity index (χ3v) is 3.94. The third-order valence-electron chi connectivity index (χ3n) is 2.25. The van der Waals surface area contributed by atoms with Crippen LogP contribution in [0.4, 0.5) is 13.2 Å². The Labute approximate surface area is 116 Å².